The Balaban J connectivity index is 3.04. The molecule has 1 aliphatic carbocycles. The second-order valence-electron chi connectivity index (χ2n) is 6.56. The van der Waals surface area contributed by atoms with Crippen molar-refractivity contribution in [3.63, 3.8) is 0 Å². The Labute approximate surface area is 128 Å². The molecule has 0 aromatic rings. The Morgan fingerprint density at radius 1 is 1.15 bits per heavy atom. The van der Waals surface area contributed by atoms with E-state index in [0.29, 0.717) is 16.4 Å². The minimum Gasteiger partial charge on any atom is -0.528 e. The predicted molar refractivity (Wildman–Crippen MR) is 88.6 cm³/mol. The summed E-state index contributed by atoms with van der Waals surface area (Å²) < 4.78 is 5.39. The van der Waals surface area contributed by atoms with Crippen molar-refractivity contribution in [2.75, 3.05) is 0 Å². The zero-order valence-corrected chi connectivity index (χ0v) is 16.0. The fraction of sp³-hybridized carbons (Fsp3) is 0.941. The fourth-order valence-electron chi connectivity index (χ4n) is 4.66. The summed E-state index contributed by atoms with van der Waals surface area (Å²) in [6.45, 7) is 6.69. The molecular formula is C17H34O2Si. The van der Waals surface area contributed by atoms with Crippen LogP contribution < -0.4 is 0 Å². The van der Waals surface area contributed by atoms with Crippen LogP contribution in [0.15, 0.2) is 0 Å². The first kappa shape index (κ1) is 17.7. The van der Waals surface area contributed by atoms with E-state index in [1.54, 1.807) is 0 Å². The van der Waals surface area contributed by atoms with E-state index < -0.39 is 0 Å². The number of carbonyl (C=O) groups is 1. The van der Waals surface area contributed by atoms with Gasteiger partial charge in [-0.05, 0) is 24.7 Å². The molecule has 0 aromatic heterocycles. The van der Waals surface area contributed by atoms with Crippen molar-refractivity contribution >= 4 is 16.5 Å². The monoisotopic (exact) mass is 298 g/mol. The van der Waals surface area contributed by atoms with Gasteiger partial charge < -0.3 is 4.43 Å². The topological polar surface area (TPSA) is 26.3 Å². The zero-order chi connectivity index (χ0) is 15.0. The summed E-state index contributed by atoms with van der Waals surface area (Å²) in [5.74, 6) is 1.39. The van der Waals surface area contributed by atoms with Gasteiger partial charge in [0.25, 0.3) is 5.97 Å². The SMILES string of the molecule is CCCC(CCC)(C(=O)O[SiH3])C(CC)C1CCCCC1. The lowest BCUT2D eigenvalue weighted by Crippen LogP contribution is -2.43. The van der Waals surface area contributed by atoms with Crippen LogP contribution in [0.25, 0.3) is 0 Å². The molecular weight excluding hydrogens is 264 g/mol. The maximum Gasteiger partial charge on any atom is 0.298 e. The third-order valence-corrected chi connectivity index (χ3v) is 5.72. The van der Waals surface area contributed by atoms with Crippen LogP contribution >= 0.6 is 0 Å². The van der Waals surface area contributed by atoms with Gasteiger partial charge in [-0.2, -0.15) is 0 Å². The molecule has 0 N–H and O–H groups in total. The summed E-state index contributed by atoms with van der Waals surface area (Å²) in [4.78, 5) is 12.7. The van der Waals surface area contributed by atoms with Gasteiger partial charge in [0, 0.05) is 0 Å². The fourth-order valence-corrected chi connectivity index (χ4v) is 5.07. The molecule has 0 spiro atoms. The van der Waals surface area contributed by atoms with Crippen molar-refractivity contribution in [3.8, 4) is 0 Å². The molecule has 2 nitrogen and oxygen atoms in total. The van der Waals surface area contributed by atoms with Crippen LogP contribution in [0.1, 0.15) is 85.0 Å². The van der Waals surface area contributed by atoms with Gasteiger partial charge in [-0.25, -0.2) is 0 Å². The first-order chi connectivity index (χ1) is 9.66. The van der Waals surface area contributed by atoms with Gasteiger partial charge in [0.2, 0.25) is 10.5 Å². The summed E-state index contributed by atoms with van der Waals surface area (Å²) in [6, 6.07) is 0. The van der Waals surface area contributed by atoms with E-state index in [1.165, 1.54) is 32.1 Å². The van der Waals surface area contributed by atoms with Gasteiger partial charge in [0.1, 0.15) is 0 Å². The van der Waals surface area contributed by atoms with E-state index in [-0.39, 0.29) is 11.4 Å². The normalized spacial score (nSPS) is 18.9. The molecule has 20 heavy (non-hydrogen) atoms. The van der Waals surface area contributed by atoms with Crippen molar-refractivity contribution in [1.29, 1.82) is 0 Å². The molecule has 118 valence electrons. The molecule has 0 heterocycles. The van der Waals surface area contributed by atoms with E-state index in [9.17, 15) is 4.79 Å². The molecule has 0 saturated heterocycles. The predicted octanol–water partition coefficient (Wildman–Crippen LogP) is 4.00. The van der Waals surface area contributed by atoms with Crippen LogP contribution in [0.3, 0.4) is 0 Å². The summed E-state index contributed by atoms with van der Waals surface area (Å²) >= 11 is 0. The van der Waals surface area contributed by atoms with Crippen LogP contribution in [-0.2, 0) is 9.22 Å². The molecule has 1 rings (SSSR count). The van der Waals surface area contributed by atoms with Gasteiger partial charge in [-0.1, -0.05) is 72.1 Å². The second kappa shape index (κ2) is 8.86. The third-order valence-electron chi connectivity index (χ3n) is 5.35. The highest BCUT2D eigenvalue weighted by Crippen LogP contribution is 2.48. The first-order valence-corrected chi connectivity index (χ1v) is 9.56. The highest BCUT2D eigenvalue weighted by atomic mass is 28.2. The smallest absolute Gasteiger partial charge is 0.298 e. The Hall–Kier alpha value is -0.313. The molecule has 0 aromatic carbocycles. The second-order valence-corrected chi connectivity index (χ2v) is 6.97. The van der Waals surface area contributed by atoms with Crippen LogP contribution in [0.5, 0.6) is 0 Å². The van der Waals surface area contributed by atoms with Crippen molar-refractivity contribution in [3.05, 3.63) is 0 Å². The third kappa shape index (κ3) is 3.87. The largest absolute Gasteiger partial charge is 0.528 e. The molecule has 0 amide bonds. The lowest BCUT2D eigenvalue weighted by atomic mass is 9.61. The Bertz CT molecular complexity index is 279. The molecule has 0 bridgehead atoms. The molecule has 1 saturated carbocycles. The minimum absolute atomic E-state index is 0.116. The molecule has 0 radical (unpaired) electrons. The van der Waals surface area contributed by atoms with E-state index in [4.69, 9.17) is 4.43 Å². The van der Waals surface area contributed by atoms with Crippen molar-refractivity contribution < 1.29 is 9.22 Å². The lowest BCUT2D eigenvalue weighted by molar-refractivity contribution is -0.153. The maximum absolute atomic E-state index is 12.7. The van der Waals surface area contributed by atoms with Crippen LogP contribution in [0.4, 0.5) is 0 Å². The van der Waals surface area contributed by atoms with Crippen LogP contribution in [0.2, 0.25) is 0 Å². The first-order valence-electron chi connectivity index (χ1n) is 8.74. The van der Waals surface area contributed by atoms with Gasteiger partial charge >= 0.3 is 0 Å². The summed E-state index contributed by atoms with van der Waals surface area (Å²) in [5.41, 5.74) is -0.192. The Kier molecular flexibility index (Phi) is 7.86. The Morgan fingerprint density at radius 3 is 2.10 bits per heavy atom. The maximum atomic E-state index is 12.7. The van der Waals surface area contributed by atoms with Crippen molar-refractivity contribution in [2.24, 2.45) is 17.3 Å². The molecule has 1 unspecified atom stereocenters. The van der Waals surface area contributed by atoms with Gasteiger partial charge in [0.05, 0.1) is 5.41 Å². The minimum atomic E-state index is -0.192. The van der Waals surface area contributed by atoms with Gasteiger partial charge in [-0.15, -0.1) is 0 Å². The zero-order valence-electron chi connectivity index (χ0n) is 14.0. The summed E-state index contributed by atoms with van der Waals surface area (Å²) in [6.07, 6.45) is 12.0. The average Bonchev–Trinajstić information content (AvgIpc) is 2.48. The number of hydrogen-bond acceptors (Lipinski definition) is 2. The molecule has 0 aliphatic heterocycles. The summed E-state index contributed by atoms with van der Waals surface area (Å²) in [5, 5.41) is 0. The van der Waals surface area contributed by atoms with Crippen molar-refractivity contribution in [1.82, 2.24) is 0 Å². The lowest BCUT2D eigenvalue weighted by Gasteiger charge is -2.43. The quantitative estimate of drug-likeness (QED) is 0.633. The van der Waals surface area contributed by atoms with E-state index in [0.717, 1.165) is 38.0 Å². The number of rotatable bonds is 8. The van der Waals surface area contributed by atoms with E-state index in [2.05, 4.69) is 20.8 Å². The Morgan fingerprint density at radius 2 is 1.70 bits per heavy atom. The number of carbonyl (C=O) groups excluding carboxylic acids is 1. The van der Waals surface area contributed by atoms with Crippen molar-refractivity contribution in [2.45, 2.75) is 85.0 Å². The number of hydrogen-bond donors (Lipinski definition) is 0. The van der Waals surface area contributed by atoms with E-state index >= 15 is 0 Å². The molecule has 1 aliphatic rings. The van der Waals surface area contributed by atoms with Crippen LogP contribution in [0, 0.1) is 17.3 Å². The standard InChI is InChI=1S/C17H34O2Si/c1-4-12-17(13-5-2,16(18)19-20)15(6-3)14-10-8-7-9-11-14/h14-15H,4-13H2,1-3,20H3. The molecule has 1 atom stereocenters. The van der Waals surface area contributed by atoms with Gasteiger partial charge in [-0.3, -0.25) is 4.79 Å². The average molecular weight is 299 g/mol. The summed E-state index contributed by atoms with van der Waals surface area (Å²) in [7, 11) is 0.531. The highest BCUT2D eigenvalue weighted by molar-refractivity contribution is 6.06. The van der Waals surface area contributed by atoms with Crippen LogP contribution in [-0.4, -0.2) is 16.5 Å². The van der Waals surface area contributed by atoms with Gasteiger partial charge in [0.15, 0.2) is 0 Å². The highest BCUT2D eigenvalue weighted by Gasteiger charge is 2.46. The molecule has 3 heteroatoms. The van der Waals surface area contributed by atoms with E-state index in [1.807, 2.05) is 0 Å². The molecule has 1 fully saturated rings.